The van der Waals surface area contributed by atoms with Crippen LogP contribution in [0.1, 0.15) is 122 Å². The summed E-state index contributed by atoms with van der Waals surface area (Å²) in [5, 5.41) is 0. The van der Waals surface area contributed by atoms with Gasteiger partial charge in [-0.25, -0.2) is 6.07 Å². The van der Waals surface area contributed by atoms with Gasteiger partial charge in [0, 0.05) is 0 Å². The van der Waals surface area contributed by atoms with E-state index >= 15 is 0 Å². The molecule has 0 bridgehead atoms. The average Bonchev–Trinajstić information content (AvgIpc) is 3.53. The van der Waals surface area contributed by atoms with E-state index in [2.05, 4.69) is 155 Å². The van der Waals surface area contributed by atoms with E-state index in [0.717, 1.165) is 6.42 Å². The zero-order chi connectivity index (χ0) is 31.3. The molecule has 236 valence electrons. The quantitative estimate of drug-likeness (QED) is 0.230. The maximum atomic E-state index is 3.67. The Balaban J connectivity index is 0.000000359. The summed E-state index contributed by atoms with van der Waals surface area (Å²) in [5.41, 5.74) is 13.3. The SMILES string of the molecule is CC(C)(C)c1[c-]c2c(cc1)-c1ccc(C(C)(C)C)cc1C2.CCCc1cc(C(C)(C)C)c[cH-]1.C[C](=[Zr+2])c1ccccc1.[Cl-].[Cl-]. The van der Waals surface area contributed by atoms with Crippen molar-refractivity contribution >= 4 is 3.21 Å². The molecule has 0 nitrogen and oxygen atoms in total. The molecule has 0 aromatic heterocycles. The summed E-state index contributed by atoms with van der Waals surface area (Å²) in [4.78, 5) is 0. The Bertz CT molecular complexity index is 1410. The molecule has 0 unspecified atom stereocenters. The molecule has 5 rings (SSSR count). The van der Waals surface area contributed by atoms with E-state index in [1.54, 1.807) is 0 Å². The molecule has 3 heteroatoms. The molecule has 0 aliphatic heterocycles. The summed E-state index contributed by atoms with van der Waals surface area (Å²) < 4.78 is 1.46. The summed E-state index contributed by atoms with van der Waals surface area (Å²) in [6.07, 6.45) is 3.49. The molecule has 1 aliphatic carbocycles. The number of fused-ring (bicyclic) bond motifs is 3. The Kier molecular flexibility index (Phi) is 15.4. The molecule has 0 N–H and O–H groups in total. The predicted octanol–water partition coefficient (Wildman–Crippen LogP) is 5.09. The molecule has 0 saturated carbocycles. The van der Waals surface area contributed by atoms with Gasteiger partial charge in [-0.15, -0.1) is 11.1 Å². The molecule has 0 radical (unpaired) electrons. The van der Waals surface area contributed by atoms with Crippen LogP contribution >= 0.6 is 0 Å². The van der Waals surface area contributed by atoms with Gasteiger partial charge in [0.05, 0.1) is 0 Å². The van der Waals surface area contributed by atoms with Gasteiger partial charge in [-0.2, -0.15) is 47.0 Å². The van der Waals surface area contributed by atoms with E-state index in [0.29, 0.717) is 5.41 Å². The van der Waals surface area contributed by atoms with E-state index in [1.165, 1.54) is 90.4 Å². The van der Waals surface area contributed by atoms with Crippen LogP contribution in [0.25, 0.3) is 11.1 Å². The minimum Gasteiger partial charge on any atom is -1.00 e. The van der Waals surface area contributed by atoms with Crippen molar-refractivity contribution in [2.75, 3.05) is 0 Å². The number of hydrogen-bond acceptors (Lipinski definition) is 0. The smallest absolute Gasteiger partial charge is 1.00 e. The number of aryl methyl sites for hydroxylation is 1. The zero-order valence-electron chi connectivity index (χ0n) is 28.9. The largest absolute Gasteiger partial charge is 1.00 e. The van der Waals surface area contributed by atoms with Crippen molar-refractivity contribution in [2.24, 2.45) is 0 Å². The van der Waals surface area contributed by atoms with E-state index in [4.69, 9.17) is 0 Å². The third kappa shape index (κ3) is 11.3. The zero-order valence-corrected chi connectivity index (χ0v) is 32.9. The molecule has 0 amide bonds. The van der Waals surface area contributed by atoms with Crippen LogP contribution in [0.3, 0.4) is 0 Å². The maximum absolute atomic E-state index is 3.67. The average molecular weight is 707 g/mol. The van der Waals surface area contributed by atoms with Crippen LogP contribution in [0.15, 0.2) is 78.9 Å². The van der Waals surface area contributed by atoms with Crippen molar-refractivity contribution in [3.8, 4) is 11.1 Å². The second-order valence-electron chi connectivity index (χ2n) is 14.8. The molecule has 0 spiro atoms. The van der Waals surface area contributed by atoms with Crippen LogP contribution in [0.2, 0.25) is 0 Å². The molecule has 0 fully saturated rings. The van der Waals surface area contributed by atoms with Crippen LogP contribution < -0.4 is 24.8 Å². The first kappa shape index (κ1) is 40.4. The van der Waals surface area contributed by atoms with E-state index in [9.17, 15) is 0 Å². The number of halogens is 2. The normalized spacial score (nSPS) is 11.8. The van der Waals surface area contributed by atoms with Gasteiger partial charge in [0.15, 0.2) is 0 Å². The first-order valence-corrected chi connectivity index (χ1v) is 16.8. The Morgan fingerprint density at radius 2 is 1.34 bits per heavy atom. The van der Waals surface area contributed by atoms with Crippen LogP contribution in [-0.4, -0.2) is 3.21 Å². The maximum Gasteiger partial charge on any atom is -1.00 e. The van der Waals surface area contributed by atoms with E-state index in [-0.39, 0.29) is 35.6 Å². The van der Waals surface area contributed by atoms with Crippen LogP contribution in [0.5, 0.6) is 0 Å². The minimum atomic E-state index is 0. The summed E-state index contributed by atoms with van der Waals surface area (Å²) >= 11 is 1.51. The number of rotatable bonds is 3. The molecule has 4 aromatic carbocycles. The van der Waals surface area contributed by atoms with Crippen molar-refractivity contribution in [1.29, 1.82) is 0 Å². The standard InChI is InChI=1S/C21H25.C12H19.C8H8.2ClH.Zr/c1-20(2,3)16-7-9-18-14(12-16)11-15-13-17(21(4,5)6)8-10-19(15)18;1-5-6-10-7-8-11(9-10)12(2,3)4;1-2-8-6-4-3-5-7-8;;;/h7-10,12H,11H2,1-6H3;7-9H,5-6H2,1-4H3;3-7H,1H3;2*1H;/q2*-1;;;;+2/p-2. The molecule has 4 aromatic rings. The summed E-state index contributed by atoms with van der Waals surface area (Å²) in [6, 6.07) is 32.5. The molecule has 0 saturated heterocycles. The Morgan fingerprint density at radius 1 is 0.750 bits per heavy atom. The predicted molar refractivity (Wildman–Crippen MR) is 182 cm³/mol. The molecule has 0 heterocycles. The Hall–Kier alpha value is -1.66. The fourth-order valence-corrected chi connectivity index (χ4v) is 5.53. The molecule has 0 atom stereocenters. The Morgan fingerprint density at radius 3 is 1.82 bits per heavy atom. The van der Waals surface area contributed by atoms with Gasteiger partial charge in [-0.05, 0) is 28.4 Å². The van der Waals surface area contributed by atoms with Crippen molar-refractivity contribution in [2.45, 2.75) is 112 Å². The van der Waals surface area contributed by atoms with Gasteiger partial charge in [0.1, 0.15) is 0 Å². The summed E-state index contributed by atoms with van der Waals surface area (Å²) in [7, 11) is 0. The van der Waals surface area contributed by atoms with Crippen LogP contribution in [0.4, 0.5) is 0 Å². The first-order chi connectivity index (χ1) is 19.5. The molecular formula is C41H52Cl2Zr-2. The van der Waals surface area contributed by atoms with Crippen LogP contribution in [0, 0.1) is 6.07 Å². The third-order valence-electron chi connectivity index (χ3n) is 7.89. The fraction of sp³-hybridized carbons (Fsp3) is 0.415. The van der Waals surface area contributed by atoms with Gasteiger partial charge in [0.2, 0.25) is 0 Å². The van der Waals surface area contributed by atoms with Crippen molar-refractivity contribution in [3.63, 3.8) is 0 Å². The monoisotopic (exact) mass is 704 g/mol. The van der Waals surface area contributed by atoms with E-state index in [1.807, 2.05) is 6.07 Å². The molecular weight excluding hydrogens is 655 g/mol. The minimum absolute atomic E-state index is 0. The summed E-state index contributed by atoms with van der Waals surface area (Å²) in [6.45, 7) is 24.8. The van der Waals surface area contributed by atoms with Crippen LogP contribution in [-0.2, 0) is 53.3 Å². The first-order valence-electron chi connectivity index (χ1n) is 15.6. The second-order valence-corrected chi connectivity index (χ2v) is 16.7. The van der Waals surface area contributed by atoms with Gasteiger partial charge in [-0.1, -0.05) is 111 Å². The van der Waals surface area contributed by atoms with Gasteiger partial charge >= 0.3 is 70.3 Å². The van der Waals surface area contributed by atoms with Crippen molar-refractivity contribution in [1.82, 2.24) is 0 Å². The van der Waals surface area contributed by atoms with Crippen molar-refractivity contribution in [3.05, 3.63) is 124 Å². The summed E-state index contributed by atoms with van der Waals surface area (Å²) in [5.74, 6) is 0. The van der Waals surface area contributed by atoms with E-state index < -0.39 is 0 Å². The van der Waals surface area contributed by atoms with Crippen molar-refractivity contribution < 1.29 is 49.0 Å². The Labute approximate surface area is 297 Å². The third-order valence-corrected chi connectivity index (χ3v) is 8.60. The number of benzene rings is 3. The fourth-order valence-electron chi connectivity index (χ4n) is 5.12. The van der Waals surface area contributed by atoms with Gasteiger partial charge in [-0.3, -0.25) is 0 Å². The number of hydrogen-bond donors (Lipinski definition) is 0. The molecule has 44 heavy (non-hydrogen) atoms. The molecule has 1 aliphatic rings. The van der Waals surface area contributed by atoms with Gasteiger partial charge in [0.25, 0.3) is 0 Å². The van der Waals surface area contributed by atoms with Gasteiger partial charge < -0.3 is 24.8 Å². The second kappa shape index (κ2) is 16.8. The topological polar surface area (TPSA) is 0 Å².